The number of halogens is 2. The summed E-state index contributed by atoms with van der Waals surface area (Å²) in [6.45, 7) is 3.37. The molecule has 1 aromatic rings. The van der Waals surface area contributed by atoms with E-state index in [1.165, 1.54) is 5.56 Å². The van der Waals surface area contributed by atoms with Crippen LogP contribution in [0.4, 0.5) is 0 Å². The molecule has 1 heterocycles. The molecule has 0 amide bonds. The first kappa shape index (κ1) is 20.5. The minimum Gasteiger partial charge on any atom is -0.357 e. The molecule has 1 aliphatic rings. The van der Waals surface area contributed by atoms with Gasteiger partial charge < -0.3 is 10.6 Å². The Kier molecular flexibility index (Phi) is 8.63. The topological polar surface area (TPSA) is 70.6 Å². The number of nitrogens with one attached hydrogen (secondary N) is 2. The lowest BCUT2D eigenvalue weighted by molar-refractivity contribution is 0.599. The van der Waals surface area contributed by atoms with Crippen LogP contribution < -0.4 is 10.6 Å². The molecule has 1 aromatic carbocycles. The normalized spacial score (nSPS) is 19.9. The summed E-state index contributed by atoms with van der Waals surface area (Å²) in [4.78, 5) is 4.51. The van der Waals surface area contributed by atoms with Crippen molar-refractivity contribution in [2.75, 3.05) is 24.6 Å². The predicted molar refractivity (Wildman–Crippen MR) is 107 cm³/mol. The number of guanidine groups is 1. The molecule has 2 N–H and O–H groups in total. The van der Waals surface area contributed by atoms with Crippen molar-refractivity contribution in [3.63, 3.8) is 0 Å². The average Bonchev–Trinajstić information content (AvgIpc) is 2.80. The fourth-order valence-electron chi connectivity index (χ4n) is 2.37. The molecular weight excluding hydrogens is 449 g/mol. The first-order valence-corrected chi connectivity index (χ1v) is 9.68. The van der Waals surface area contributed by atoms with Crippen molar-refractivity contribution >= 4 is 51.4 Å². The molecule has 0 aliphatic carbocycles. The van der Waals surface area contributed by atoms with Gasteiger partial charge in [-0.2, -0.15) is 0 Å². The zero-order valence-corrected chi connectivity index (χ0v) is 17.0. The summed E-state index contributed by atoms with van der Waals surface area (Å²) in [5.74, 6) is 1.13. The van der Waals surface area contributed by atoms with Crippen molar-refractivity contribution in [2.45, 2.75) is 25.8 Å². The van der Waals surface area contributed by atoms with E-state index in [0.717, 1.165) is 18.0 Å². The molecule has 0 radical (unpaired) electrons. The molecular formula is C15H23ClIN3O2S. The number of nitrogens with zero attached hydrogens (tertiary/aromatic N) is 1. The van der Waals surface area contributed by atoms with E-state index in [4.69, 9.17) is 11.6 Å². The van der Waals surface area contributed by atoms with E-state index in [1.54, 1.807) is 0 Å². The van der Waals surface area contributed by atoms with Gasteiger partial charge in [0.2, 0.25) is 0 Å². The molecule has 0 aromatic heterocycles. The van der Waals surface area contributed by atoms with Gasteiger partial charge in [-0.25, -0.2) is 8.42 Å². The number of benzene rings is 1. The van der Waals surface area contributed by atoms with Crippen molar-refractivity contribution in [1.29, 1.82) is 0 Å². The Morgan fingerprint density at radius 3 is 2.61 bits per heavy atom. The Balaban J connectivity index is 0.00000264. The Bertz CT molecular complexity index is 620. The summed E-state index contributed by atoms with van der Waals surface area (Å²) in [5, 5.41) is 7.09. The van der Waals surface area contributed by atoms with Crippen molar-refractivity contribution in [3.05, 3.63) is 34.9 Å². The minimum atomic E-state index is -2.88. The maximum atomic E-state index is 11.5. The summed E-state index contributed by atoms with van der Waals surface area (Å²) in [5.41, 5.74) is 1.17. The van der Waals surface area contributed by atoms with Crippen LogP contribution in [-0.4, -0.2) is 45.0 Å². The van der Waals surface area contributed by atoms with Gasteiger partial charge in [-0.3, -0.25) is 4.99 Å². The van der Waals surface area contributed by atoms with Crippen LogP contribution in [0.3, 0.4) is 0 Å². The van der Waals surface area contributed by atoms with E-state index in [9.17, 15) is 8.42 Å². The van der Waals surface area contributed by atoms with Crippen LogP contribution in [-0.2, 0) is 16.3 Å². The second kappa shape index (κ2) is 9.68. The van der Waals surface area contributed by atoms with Crippen molar-refractivity contribution in [2.24, 2.45) is 4.99 Å². The first-order chi connectivity index (χ1) is 10.5. The third kappa shape index (κ3) is 7.26. The molecule has 0 bridgehead atoms. The highest BCUT2D eigenvalue weighted by Gasteiger charge is 2.28. The van der Waals surface area contributed by atoms with Gasteiger partial charge >= 0.3 is 0 Å². The smallest absolute Gasteiger partial charge is 0.191 e. The number of sulfone groups is 1. The van der Waals surface area contributed by atoms with Crippen molar-refractivity contribution in [1.82, 2.24) is 10.6 Å². The van der Waals surface area contributed by atoms with E-state index in [-0.39, 0.29) is 41.5 Å². The van der Waals surface area contributed by atoms with Crippen LogP contribution in [0.15, 0.2) is 29.3 Å². The van der Waals surface area contributed by atoms with Crippen LogP contribution >= 0.6 is 35.6 Å². The fraction of sp³-hybridized carbons (Fsp3) is 0.533. The first-order valence-electron chi connectivity index (χ1n) is 7.48. The quantitative estimate of drug-likeness (QED) is 0.393. The summed E-state index contributed by atoms with van der Waals surface area (Å²) in [7, 11) is -2.88. The lowest BCUT2D eigenvalue weighted by atomic mass is 10.1. The maximum Gasteiger partial charge on any atom is 0.191 e. The number of hydrogen-bond acceptors (Lipinski definition) is 3. The summed E-state index contributed by atoms with van der Waals surface area (Å²) >= 11 is 5.86. The van der Waals surface area contributed by atoms with E-state index in [1.807, 2.05) is 31.2 Å². The van der Waals surface area contributed by atoms with Crippen molar-refractivity contribution < 1.29 is 8.42 Å². The number of rotatable bonds is 5. The van der Waals surface area contributed by atoms with E-state index in [0.29, 0.717) is 18.9 Å². The Labute approximate surface area is 160 Å². The zero-order valence-electron chi connectivity index (χ0n) is 13.1. The van der Waals surface area contributed by atoms with Gasteiger partial charge in [0, 0.05) is 24.2 Å². The highest BCUT2D eigenvalue weighted by Crippen LogP contribution is 2.11. The Hall–Kier alpha value is -0.540. The summed E-state index contributed by atoms with van der Waals surface area (Å²) in [6.07, 6.45) is 1.46. The highest BCUT2D eigenvalue weighted by molar-refractivity contribution is 14.0. The monoisotopic (exact) mass is 471 g/mol. The third-order valence-corrected chi connectivity index (χ3v) is 5.52. The Morgan fingerprint density at radius 2 is 2.04 bits per heavy atom. The second-order valence-corrected chi connectivity index (χ2v) is 8.05. The molecule has 1 unspecified atom stereocenters. The van der Waals surface area contributed by atoms with Gasteiger partial charge in [0.05, 0.1) is 11.5 Å². The minimum absolute atomic E-state index is 0. The molecule has 0 spiro atoms. The molecule has 2 rings (SSSR count). The van der Waals surface area contributed by atoms with Crippen LogP contribution in [0.1, 0.15) is 18.9 Å². The van der Waals surface area contributed by atoms with Crippen LogP contribution in [0, 0.1) is 0 Å². The SMILES string of the molecule is CCNC(=NCCc1ccc(Cl)cc1)NC1CCS(=O)(=O)C1.I. The predicted octanol–water partition coefficient (Wildman–Crippen LogP) is 2.24. The summed E-state index contributed by atoms with van der Waals surface area (Å²) < 4.78 is 23.0. The van der Waals surface area contributed by atoms with E-state index >= 15 is 0 Å². The van der Waals surface area contributed by atoms with Crippen molar-refractivity contribution in [3.8, 4) is 0 Å². The number of aliphatic imine (C=N–C) groups is 1. The molecule has 1 fully saturated rings. The molecule has 5 nitrogen and oxygen atoms in total. The van der Waals surface area contributed by atoms with Gasteiger partial charge in [0.15, 0.2) is 15.8 Å². The average molecular weight is 472 g/mol. The van der Waals surface area contributed by atoms with E-state index < -0.39 is 9.84 Å². The van der Waals surface area contributed by atoms with Crippen LogP contribution in [0.25, 0.3) is 0 Å². The van der Waals surface area contributed by atoms with Gasteiger partial charge in [0.25, 0.3) is 0 Å². The molecule has 1 atom stereocenters. The molecule has 1 aliphatic heterocycles. The fourth-order valence-corrected chi connectivity index (χ4v) is 4.17. The third-order valence-electron chi connectivity index (χ3n) is 3.50. The zero-order chi connectivity index (χ0) is 16.0. The van der Waals surface area contributed by atoms with Crippen LogP contribution in [0.2, 0.25) is 5.02 Å². The van der Waals surface area contributed by atoms with Gasteiger partial charge in [-0.05, 0) is 37.5 Å². The van der Waals surface area contributed by atoms with E-state index in [2.05, 4.69) is 15.6 Å². The van der Waals surface area contributed by atoms with Gasteiger partial charge in [-0.1, -0.05) is 23.7 Å². The molecule has 130 valence electrons. The summed E-state index contributed by atoms with van der Waals surface area (Å²) in [6, 6.07) is 7.67. The maximum absolute atomic E-state index is 11.5. The lowest BCUT2D eigenvalue weighted by Crippen LogP contribution is -2.44. The molecule has 0 saturated carbocycles. The number of hydrogen-bond donors (Lipinski definition) is 2. The van der Waals surface area contributed by atoms with Crippen LogP contribution in [0.5, 0.6) is 0 Å². The molecule has 8 heteroatoms. The standard InChI is InChI=1S/C15H22ClN3O2S.HI/c1-2-17-15(19-14-8-10-22(20,21)11-14)18-9-7-12-3-5-13(16)6-4-12;/h3-6,14H,2,7-11H2,1H3,(H2,17,18,19);1H. The van der Waals surface area contributed by atoms with Gasteiger partial charge in [0.1, 0.15) is 0 Å². The second-order valence-electron chi connectivity index (χ2n) is 5.38. The Morgan fingerprint density at radius 1 is 1.35 bits per heavy atom. The highest BCUT2D eigenvalue weighted by atomic mass is 127. The van der Waals surface area contributed by atoms with Gasteiger partial charge in [-0.15, -0.1) is 24.0 Å². The lowest BCUT2D eigenvalue weighted by Gasteiger charge is -2.15. The molecule has 1 saturated heterocycles. The largest absolute Gasteiger partial charge is 0.357 e. The molecule has 23 heavy (non-hydrogen) atoms.